The van der Waals surface area contributed by atoms with Gasteiger partial charge in [0.25, 0.3) is 0 Å². The predicted octanol–water partition coefficient (Wildman–Crippen LogP) is 2.90. The van der Waals surface area contributed by atoms with E-state index in [1.807, 2.05) is 12.1 Å². The number of nitrogens with one attached hydrogen (secondary N) is 1. The maximum absolute atomic E-state index is 12.0. The van der Waals surface area contributed by atoms with Crippen LogP contribution < -0.4 is 5.32 Å². The van der Waals surface area contributed by atoms with E-state index < -0.39 is 0 Å². The summed E-state index contributed by atoms with van der Waals surface area (Å²) in [5.74, 6) is 0.660. The maximum Gasteiger partial charge on any atom is 0.227 e. The first kappa shape index (κ1) is 17.2. The van der Waals surface area contributed by atoms with Crippen LogP contribution in [0.15, 0.2) is 28.9 Å². The smallest absolute Gasteiger partial charge is 0.227 e. The van der Waals surface area contributed by atoms with E-state index in [-0.39, 0.29) is 12.3 Å². The summed E-state index contributed by atoms with van der Waals surface area (Å²) in [6.07, 6.45) is 5.31. The molecule has 0 aliphatic carbocycles. The summed E-state index contributed by atoms with van der Waals surface area (Å²) in [5, 5.41) is 16.1. The number of amides is 1. The monoisotopic (exact) mass is 358 g/mol. The number of carbonyl (C=O) groups excluding carboxylic acids is 1. The first-order chi connectivity index (χ1) is 12.2. The van der Waals surface area contributed by atoms with Crippen molar-refractivity contribution in [2.45, 2.75) is 39.0 Å². The molecule has 1 N–H and O–H groups in total. The van der Waals surface area contributed by atoms with E-state index in [4.69, 9.17) is 4.52 Å². The fraction of sp³-hybridized carbons (Fsp3) is 0.375. The summed E-state index contributed by atoms with van der Waals surface area (Å²) in [4.78, 5) is 20.4. The molecule has 0 fully saturated rings. The summed E-state index contributed by atoms with van der Waals surface area (Å²) in [5.41, 5.74) is 0.635. The average Bonchev–Trinajstić information content (AvgIpc) is 3.28. The predicted molar refractivity (Wildman–Crippen MR) is 93.0 cm³/mol. The standard InChI is InChI=1S/C16H18N6O2S/c1-2-3-7-14-20-21-16(25-14)18-12(23)8-9-13-19-15(22-24-13)11-6-4-5-10-17-11/h4-6,10H,2-3,7-9H2,1H3,(H,18,21,23). The first-order valence-electron chi connectivity index (χ1n) is 8.11. The Labute approximate surface area is 148 Å². The van der Waals surface area contributed by atoms with Gasteiger partial charge in [0, 0.05) is 25.5 Å². The van der Waals surface area contributed by atoms with Gasteiger partial charge >= 0.3 is 0 Å². The number of carbonyl (C=O) groups is 1. The molecule has 0 bridgehead atoms. The molecule has 8 nitrogen and oxygen atoms in total. The Bertz CT molecular complexity index is 817. The van der Waals surface area contributed by atoms with Crippen LogP contribution in [-0.4, -0.2) is 31.2 Å². The number of anilines is 1. The highest BCUT2D eigenvalue weighted by molar-refractivity contribution is 7.15. The second kappa shape index (κ2) is 8.43. The minimum atomic E-state index is -0.157. The lowest BCUT2D eigenvalue weighted by Gasteiger charge is -1.98. The van der Waals surface area contributed by atoms with Gasteiger partial charge in [0.05, 0.1) is 0 Å². The van der Waals surface area contributed by atoms with Gasteiger partial charge in [0.1, 0.15) is 10.7 Å². The van der Waals surface area contributed by atoms with Crippen LogP contribution >= 0.6 is 11.3 Å². The van der Waals surface area contributed by atoms with Crippen molar-refractivity contribution in [2.75, 3.05) is 5.32 Å². The maximum atomic E-state index is 12.0. The summed E-state index contributed by atoms with van der Waals surface area (Å²) in [7, 11) is 0. The van der Waals surface area contributed by atoms with Crippen molar-refractivity contribution in [2.24, 2.45) is 0 Å². The van der Waals surface area contributed by atoms with Crippen molar-refractivity contribution in [3.63, 3.8) is 0 Å². The van der Waals surface area contributed by atoms with Gasteiger partial charge in [-0.25, -0.2) is 0 Å². The lowest BCUT2D eigenvalue weighted by atomic mass is 10.3. The average molecular weight is 358 g/mol. The van der Waals surface area contributed by atoms with Crippen molar-refractivity contribution in [3.8, 4) is 11.5 Å². The summed E-state index contributed by atoms with van der Waals surface area (Å²) >= 11 is 1.41. The number of aryl methyl sites for hydroxylation is 2. The Kier molecular flexibility index (Phi) is 5.78. The van der Waals surface area contributed by atoms with Crippen molar-refractivity contribution in [3.05, 3.63) is 35.3 Å². The van der Waals surface area contributed by atoms with Gasteiger partial charge in [-0.3, -0.25) is 9.78 Å². The van der Waals surface area contributed by atoms with E-state index in [1.165, 1.54) is 11.3 Å². The Morgan fingerprint density at radius 2 is 2.20 bits per heavy atom. The molecule has 0 aromatic carbocycles. The number of unbranched alkanes of at least 4 members (excludes halogenated alkanes) is 1. The third-order valence-corrected chi connectivity index (χ3v) is 4.28. The second-order valence-corrected chi connectivity index (χ2v) is 6.44. The van der Waals surface area contributed by atoms with E-state index in [0.717, 1.165) is 24.3 Å². The summed E-state index contributed by atoms with van der Waals surface area (Å²) < 4.78 is 5.16. The fourth-order valence-corrected chi connectivity index (χ4v) is 2.89. The minimum absolute atomic E-state index is 0.157. The number of nitrogens with zero attached hydrogens (tertiary/aromatic N) is 5. The molecule has 1 amide bonds. The van der Waals surface area contributed by atoms with Gasteiger partial charge in [0.15, 0.2) is 0 Å². The SMILES string of the molecule is CCCCc1nnc(NC(=O)CCc2nc(-c3ccccn3)no2)s1. The van der Waals surface area contributed by atoms with E-state index in [2.05, 4.69) is 37.6 Å². The van der Waals surface area contributed by atoms with Crippen LogP contribution in [0.5, 0.6) is 0 Å². The summed E-state index contributed by atoms with van der Waals surface area (Å²) in [6.45, 7) is 2.13. The van der Waals surface area contributed by atoms with Crippen LogP contribution in [0.25, 0.3) is 11.5 Å². The molecule has 3 aromatic heterocycles. The van der Waals surface area contributed by atoms with Crippen molar-refractivity contribution in [1.82, 2.24) is 25.3 Å². The molecule has 3 rings (SSSR count). The van der Waals surface area contributed by atoms with Gasteiger partial charge in [-0.1, -0.05) is 35.9 Å². The van der Waals surface area contributed by atoms with Gasteiger partial charge in [0.2, 0.25) is 22.8 Å². The topological polar surface area (TPSA) is 107 Å². The first-order valence-corrected chi connectivity index (χ1v) is 8.92. The molecule has 9 heteroatoms. The van der Waals surface area contributed by atoms with Crippen LogP contribution in [0, 0.1) is 0 Å². The second-order valence-electron chi connectivity index (χ2n) is 5.38. The molecule has 0 spiro atoms. The molecule has 0 unspecified atom stereocenters. The zero-order chi connectivity index (χ0) is 17.5. The molecule has 0 radical (unpaired) electrons. The quantitative estimate of drug-likeness (QED) is 0.659. The van der Waals surface area contributed by atoms with Gasteiger partial charge in [-0.15, -0.1) is 10.2 Å². The van der Waals surface area contributed by atoms with E-state index >= 15 is 0 Å². The number of aromatic nitrogens is 5. The molecule has 0 saturated carbocycles. The van der Waals surface area contributed by atoms with Gasteiger partial charge in [-0.05, 0) is 18.6 Å². The molecule has 3 heterocycles. The molecule has 0 atom stereocenters. The van der Waals surface area contributed by atoms with Crippen LogP contribution in [-0.2, 0) is 17.6 Å². The van der Waals surface area contributed by atoms with Crippen LogP contribution in [0.4, 0.5) is 5.13 Å². The Morgan fingerprint density at radius 1 is 1.28 bits per heavy atom. The normalized spacial score (nSPS) is 10.8. The Balaban J connectivity index is 1.49. The molecule has 0 aliphatic rings. The Morgan fingerprint density at radius 3 is 3.00 bits per heavy atom. The number of pyridine rings is 1. The molecular formula is C16H18N6O2S. The number of hydrogen-bond donors (Lipinski definition) is 1. The lowest BCUT2D eigenvalue weighted by molar-refractivity contribution is -0.116. The van der Waals surface area contributed by atoms with Gasteiger partial charge < -0.3 is 9.84 Å². The van der Waals surface area contributed by atoms with Crippen LogP contribution in [0.1, 0.15) is 37.1 Å². The highest BCUT2D eigenvalue weighted by Gasteiger charge is 2.13. The largest absolute Gasteiger partial charge is 0.339 e. The fourth-order valence-electron chi connectivity index (χ4n) is 2.09. The number of rotatable bonds is 8. The highest BCUT2D eigenvalue weighted by Crippen LogP contribution is 2.18. The number of hydrogen-bond acceptors (Lipinski definition) is 8. The Hall–Kier alpha value is -2.68. The third-order valence-electron chi connectivity index (χ3n) is 3.39. The zero-order valence-corrected chi connectivity index (χ0v) is 14.6. The molecule has 130 valence electrons. The van der Waals surface area contributed by atoms with E-state index in [0.29, 0.717) is 29.0 Å². The lowest BCUT2D eigenvalue weighted by Crippen LogP contribution is -2.12. The van der Waals surface area contributed by atoms with Gasteiger partial charge in [-0.2, -0.15) is 4.98 Å². The minimum Gasteiger partial charge on any atom is -0.339 e. The highest BCUT2D eigenvalue weighted by atomic mass is 32.1. The molecule has 3 aromatic rings. The molecular weight excluding hydrogens is 340 g/mol. The van der Waals surface area contributed by atoms with Crippen molar-refractivity contribution >= 4 is 22.4 Å². The zero-order valence-electron chi connectivity index (χ0n) is 13.8. The third kappa shape index (κ3) is 4.90. The van der Waals surface area contributed by atoms with Crippen LogP contribution in [0.3, 0.4) is 0 Å². The van der Waals surface area contributed by atoms with Crippen molar-refractivity contribution < 1.29 is 9.32 Å². The summed E-state index contributed by atoms with van der Waals surface area (Å²) in [6, 6.07) is 5.46. The van der Waals surface area contributed by atoms with Crippen molar-refractivity contribution in [1.29, 1.82) is 0 Å². The molecule has 25 heavy (non-hydrogen) atoms. The van der Waals surface area contributed by atoms with E-state index in [1.54, 1.807) is 12.3 Å². The van der Waals surface area contributed by atoms with Crippen LogP contribution in [0.2, 0.25) is 0 Å². The molecule has 0 aliphatic heterocycles. The molecule has 0 saturated heterocycles. The van der Waals surface area contributed by atoms with E-state index in [9.17, 15) is 4.79 Å².